The van der Waals surface area contributed by atoms with Crippen molar-refractivity contribution in [2.75, 3.05) is 19.3 Å². The molecule has 1 fully saturated rings. The van der Waals surface area contributed by atoms with Gasteiger partial charge in [0.25, 0.3) is 0 Å². The largest absolute Gasteiger partial charge is 0.342 e. The number of amides is 1. The summed E-state index contributed by atoms with van der Waals surface area (Å²) in [5, 5.41) is 0. The van der Waals surface area contributed by atoms with Crippen molar-refractivity contribution >= 4 is 18.5 Å². The standard InChI is InChI=1S/C11H19NOS/c1-9(2)7-12(3)10(13)6-11(8-14)4-5-11/h14H,1,4-8H2,2-3H3. The van der Waals surface area contributed by atoms with Gasteiger partial charge in [0.05, 0.1) is 0 Å². The molecule has 0 aromatic rings. The number of rotatable bonds is 5. The van der Waals surface area contributed by atoms with E-state index in [2.05, 4.69) is 19.2 Å². The molecule has 0 heterocycles. The van der Waals surface area contributed by atoms with E-state index in [4.69, 9.17) is 0 Å². The average Bonchev–Trinajstić information content (AvgIpc) is 2.84. The second-order valence-corrected chi connectivity index (χ2v) is 4.86. The number of nitrogens with zero attached hydrogens (tertiary/aromatic N) is 1. The highest BCUT2D eigenvalue weighted by Gasteiger charge is 2.43. The quantitative estimate of drug-likeness (QED) is 0.548. The molecule has 0 aromatic heterocycles. The highest BCUT2D eigenvalue weighted by molar-refractivity contribution is 7.80. The summed E-state index contributed by atoms with van der Waals surface area (Å²) < 4.78 is 0. The van der Waals surface area contributed by atoms with Crippen LogP contribution in [0.25, 0.3) is 0 Å². The molecule has 2 nitrogen and oxygen atoms in total. The fourth-order valence-electron chi connectivity index (χ4n) is 1.52. The Morgan fingerprint density at radius 1 is 1.57 bits per heavy atom. The molecule has 0 radical (unpaired) electrons. The normalized spacial score (nSPS) is 17.6. The summed E-state index contributed by atoms with van der Waals surface area (Å²) in [5.74, 6) is 1.05. The van der Waals surface area contributed by atoms with Crippen LogP contribution in [0.1, 0.15) is 26.2 Å². The second kappa shape index (κ2) is 4.39. The molecule has 0 saturated heterocycles. The van der Waals surface area contributed by atoms with Gasteiger partial charge in [-0.25, -0.2) is 0 Å². The van der Waals surface area contributed by atoms with Gasteiger partial charge >= 0.3 is 0 Å². The average molecular weight is 213 g/mol. The zero-order chi connectivity index (χ0) is 10.8. The molecule has 0 atom stereocenters. The number of carbonyl (C=O) groups excluding carboxylic acids is 1. The lowest BCUT2D eigenvalue weighted by atomic mass is 10.0. The summed E-state index contributed by atoms with van der Waals surface area (Å²) in [6, 6.07) is 0. The zero-order valence-electron chi connectivity index (χ0n) is 9.05. The van der Waals surface area contributed by atoms with Crippen molar-refractivity contribution in [3.05, 3.63) is 12.2 Å². The molecule has 80 valence electrons. The third kappa shape index (κ3) is 3.05. The van der Waals surface area contributed by atoms with E-state index in [0.717, 1.165) is 24.2 Å². The van der Waals surface area contributed by atoms with Crippen LogP contribution in [-0.2, 0) is 4.79 Å². The van der Waals surface area contributed by atoms with E-state index in [1.54, 1.807) is 4.90 Å². The lowest BCUT2D eigenvalue weighted by molar-refractivity contribution is -0.130. The topological polar surface area (TPSA) is 20.3 Å². The molecule has 0 spiro atoms. The first-order valence-corrected chi connectivity index (χ1v) is 5.61. The van der Waals surface area contributed by atoms with Crippen molar-refractivity contribution in [3.63, 3.8) is 0 Å². The monoisotopic (exact) mass is 213 g/mol. The van der Waals surface area contributed by atoms with Crippen LogP contribution in [0, 0.1) is 5.41 Å². The van der Waals surface area contributed by atoms with E-state index >= 15 is 0 Å². The maximum absolute atomic E-state index is 11.7. The number of likely N-dealkylation sites (N-methyl/N-ethyl adjacent to an activating group) is 1. The maximum Gasteiger partial charge on any atom is 0.223 e. The molecule has 0 aromatic carbocycles. The predicted octanol–water partition coefficient (Wildman–Crippen LogP) is 2.12. The van der Waals surface area contributed by atoms with Gasteiger partial charge in [0.1, 0.15) is 0 Å². The van der Waals surface area contributed by atoms with Gasteiger partial charge in [-0.2, -0.15) is 12.6 Å². The van der Waals surface area contributed by atoms with Crippen molar-refractivity contribution in [3.8, 4) is 0 Å². The van der Waals surface area contributed by atoms with E-state index in [0.29, 0.717) is 13.0 Å². The lowest BCUT2D eigenvalue weighted by Crippen LogP contribution is -2.30. The minimum Gasteiger partial charge on any atom is -0.342 e. The van der Waals surface area contributed by atoms with E-state index in [-0.39, 0.29) is 11.3 Å². The van der Waals surface area contributed by atoms with Crippen LogP contribution in [0.4, 0.5) is 0 Å². The van der Waals surface area contributed by atoms with Crippen molar-refractivity contribution in [1.82, 2.24) is 4.90 Å². The van der Waals surface area contributed by atoms with Crippen molar-refractivity contribution < 1.29 is 4.79 Å². The number of thiol groups is 1. The lowest BCUT2D eigenvalue weighted by Gasteiger charge is -2.20. The summed E-state index contributed by atoms with van der Waals surface area (Å²) in [6.45, 7) is 6.41. The predicted molar refractivity (Wildman–Crippen MR) is 62.6 cm³/mol. The van der Waals surface area contributed by atoms with Gasteiger partial charge in [-0.1, -0.05) is 12.2 Å². The summed E-state index contributed by atoms with van der Waals surface area (Å²) >= 11 is 4.29. The van der Waals surface area contributed by atoms with Crippen LogP contribution in [0.2, 0.25) is 0 Å². The van der Waals surface area contributed by atoms with Gasteiger partial charge in [0.15, 0.2) is 0 Å². The number of carbonyl (C=O) groups is 1. The summed E-state index contributed by atoms with van der Waals surface area (Å²) in [5.41, 5.74) is 1.25. The number of hydrogen-bond acceptors (Lipinski definition) is 2. The van der Waals surface area contributed by atoms with Gasteiger partial charge in [0.2, 0.25) is 5.91 Å². The van der Waals surface area contributed by atoms with Gasteiger partial charge in [-0.05, 0) is 30.9 Å². The summed E-state index contributed by atoms with van der Waals surface area (Å²) in [4.78, 5) is 13.5. The molecular formula is C11H19NOS. The van der Waals surface area contributed by atoms with Crippen molar-refractivity contribution in [2.45, 2.75) is 26.2 Å². The van der Waals surface area contributed by atoms with Crippen LogP contribution in [0.3, 0.4) is 0 Å². The third-order valence-electron chi connectivity index (χ3n) is 2.75. The smallest absolute Gasteiger partial charge is 0.223 e. The van der Waals surface area contributed by atoms with Gasteiger partial charge in [-0.15, -0.1) is 0 Å². The van der Waals surface area contributed by atoms with Crippen LogP contribution in [0.15, 0.2) is 12.2 Å². The molecule has 1 amide bonds. The fourth-order valence-corrected chi connectivity index (χ4v) is 1.94. The van der Waals surface area contributed by atoms with E-state index in [1.807, 2.05) is 14.0 Å². The Bertz CT molecular complexity index is 246. The Morgan fingerprint density at radius 2 is 2.14 bits per heavy atom. The summed E-state index contributed by atoms with van der Waals surface area (Å²) in [6.07, 6.45) is 2.96. The minimum absolute atomic E-state index is 0.222. The molecular weight excluding hydrogens is 194 g/mol. The highest BCUT2D eigenvalue weighted by atomic mass is 32.1. The molecule has 14 heavy (non-hydrogen) atoms. The molecule has 0 bridgehead atoms. The second-order valence-electron chi connectivity index (χ2n) is 4.54. The first-order valence-electron chi connectivity index (χ1n) is 4.98. The Labute approximate surface area is 91.8 Å². The van der Waals surface area contributed by atoms with Gasteiger partial charge < -0.3 is 4.90 Å². The summed E-state index contributed by atoms with van der Waals surface area (Å²) in [7, 11) is 1.84. The van der Waals surface area contributed by atoms with Gasteiger partial charge in [0, 0.05) is 20.0 Å². The molecule has 1 saturated carbocycles. The first-order chi connectivity index (χ1) is 6.49. The first kappa shape index (κ1) is 11.6. The van der Waals surface area contributed by atoms with Crippen molar-refractivity contribution in [1.29, 1.82) is 0 Å². The molecule has 1 aliphatic rings. The molecule has 0 unspecified atom stereocenters. The van der Waals surface area contributed by atoms with Crippen LogP contribution in [0.5, 0.6) is 0 Å². The third-order valence-corrected chi connectivity index (χ3v) is 3.42. The van der Waals surface area contributed by atoms with Crippen LogP contribution < -0.4 is 0 Å². The minimum atomic E-state index is 0.222. The molecule has 0 aliphatic heterocycles. The molecule has 1 rings (SSSR count). The SMILES string of the molecule is C=C(C)CN(C)C(=O)CC1(CS)CC1. The fraction of sp³-hybridized carbons (Fsp3) is 0.727. The Balaban J connectivity index is 2.38. The molecule has 0 N–H and O–H groups in total. The van der Waals surface area contributed by atoms with E-state index in [1.165, 1.54) is 0 Å². The molecule has 3 heteroatoms. The van der Waals surface area contributed by atoms with Gasteiger partial charge in [-0.3, -0.25) is 4.79 Å². The maximum atomic E-state index is 11.7. The Kier molecular flexibility index (Phi) is 3.65. The Morgan fingerprint density at radius 3 is 2.50 bits per heavy atom. The van der Waals surface area contributed by atoms with Crippen LogP contribution in [-0.4, -0.2) is 30.2 Å². The van der Waals surface area contributed by atoms with Crippen LogP contribution >= 0.6 is 12.6 Å². The Hall–Kier alpha value is -0.440. The highest BCUT2D eigenvalue weighted by Crippen LogP contribution is 2.49. The van der Waals surface area contributed by atoms with Crippen molar-refractivity contribution in [2.24, 2.45) is 5.41 Å². The number of hydrogen-bond donors (Lipinski definition) is 1. The van der Waals surface area contributed by atoms with E-state index < -0.39 is 0 Å². The zero-order valence-corrected chi connectivity index (χ0v) is 9.94. The molecule has 1 aliphatic carbocycles. The van der Waals surface area contributed by atoms with E-state index in [9.17, 15) is 4.79 Å².